The van der Waals surface area contributed by atoms with Crippen molar-refractivity contribution in [3.63, 3.8) is 0 Å². The number of carboxylic acid groups (broad SMARTS) is 1. The first-order valence-electron chi connectivity index (χ1n) is 5.20. The predicted molar refractivity (Wildman–Crippen MR) is 68.7 cm³/mol. The van der Waals surface area contributed by atoms with Crippen molar-refractivity contribution in [2.45, 2.75) is 17.9 Å². The zero-order valence-corrected chi connectivity index (χ0v) is 11.5. The quantitative estimate of drug-likeness (QED) is 0.834. The van der Waals surface area contributed by atoms with Crippen molar-refractivity contribution in [1.82, 2.24) is 5.32 Å². The molecule has 2 N–H and O–H groups in total. The van der Waals surface area contributed by atoms with Gasteiger partial charge in [-0.25, -0.2) is 13.2 Å². The lowest BCUT2D eigenvalue weighted by atomic mass is 10.3. The molecule has 0 spiro atoms. The van der Waals surface area contributed by atoms with Crippen molar-refractivity contribution >= 4 is 33.3 Å². The van der Waals surface area contributed by atoms with Gasteiger partial charge in [0.05, 0.1) is 10.6 Å². The van der Waals surface area contributed by atoms with E-state index in [1.165, 1.54) is 24.3 Å². The number of rotatable bonds is 5. The SMILES string of the molecule is CC(=O)NC(CS(=O)(=O)c1cccc(Cl)c1)C(=O)O. The van der Waals surface area contributed by atoms with Gasteiger partial charge >= 0.3 is 5.97 Å². The molecule has 19 heavy (non-hydrogen) atoms. The van der Waals surface area contributed by atoms with Gasteiger partial charge in [0.15, 0.2) is 9.84 Å². The second-order valence-electron chi connectivity index (χ2n) is 3.83. The van der Waals surface area contributed by atoms with Crippen molar-refractivity contribution in [2.75, 3.05) is 5.75 Å². The molecule has 8 heteroatoms. The van der Waals surface area contributed by atoms with E-state index >= 15 is 0 Å². The number of carboxylic acids is 1. The normalized spacial score (nSPS) is 12.7. The van der Waals surface area contributed by atoms with E-state index in [9.17, 15) is 18.0 Å². The summed E-state index contributed by atoms with van der Waals surface area (Å²) in [6, 6.07) is 3.99. The highest BCUT2D eigenvalue weighted by atomic mass is 35.5. The molecule has 6 nitrogen and oxygen atoms in total. The van der Waals surface area contributed by atoms with Crippen LogP contribution in [0.4, 0.5) is 0 Å². The minimum Gasteiger partial charge on any atom is -0.480 e. The van der Waals surface area contributed by atoms with Crippen LogP contribution in [-0.2, 0) is 19.4 Å². The van der Waals surface area contributed by atoms with Crippen LogP contribution in [-0.4, -0.2) is 37.2 Å². The predicted octanol–water partition coefficient (Wildman–Crippen LogP) is 0.703. The van der Waals surface area contributed by atoms with Crippen LogP contribution in [0.5, 0.6) is 0 Å². The second-order valence-corrected chi connectivity index (χ2v) is 6.30. The number of benzene rings is 1. The van der Waals surface area contributed by atoms with Gasteiger partial charge in [-0.3, -0.25) is 4.79 Å². The van der Waals surface area contributed by atoms with Crippen molar-refractivity contribution in [1.29, 1.82) is 0 Å². The topological polar surface area (TPSA) is 101 Å². The Labute approximate surface area is 115 Å². The zero-order chi connectivity index (χ0) is 14.6. The van der Waals surface area contributed by atoms with Crippen LogP contribution < -0.4 is 5.32 Å². The molecule has 1 aromatic carbocycles. The number of carbonyl (C=O) groups is 2. The smallest absolute Gasteiger partial charge is 0.327 e. The van der Waals surface area contributed by atoms with Gasteiger partial charge in [0.1, 0.15) is 6.04 Å². The van der Waals surface area contributed by atoms with Gasteiger partial charge in [-0.2, -0.15) is 0 Å². The largest absolute Gasteiger partial charge is 0.480 e. The van der Waals surface area contributed by atoms with Crippen LogP contribution in [0.2, 0.25) is 5.02 Å². The maximum atomic E-state index is 12.0. The van der Waals surface area contributed by atoms with E-state index in [1.54, 1.807) is 0 Å². The Hall–Kier alpha value is -1.60. The number of hydrogen-bond acceptors (Lipinski definition) is 4. The maximum Gasteiger partial charge on any atom is 0.327 e. The highest BCUT2D eigenvalue weighted by Crippen LogP contribution is 2.17. The summed E-state index contributed by atoms with van der Waals surface area (Å²) >= 11 is 5.68. The number of halogens is 1. The highest BCUT2D eigenvalue weighted by molar-refractivity contribution is 7.91. The van der Waals surface area contributed by atoms with Gasteiger partial charge in [0.25, 0.3) is 0 Å². The molecule has 0 aliphatic heterocycles. The highest BCUT2D eigenvalue weighted by Gasteiger charge is 2.27. The summed E-state index contributed by atoms with van der Waals surface area (Å²) in [5.74, 6) is -2.77. The molecule has 1 aromatic rings. The van der Waals surface area contributed by atoms with Gasteiger partial charge in [-0.1, -0.05) is 17.7 Å². The summed E-state index contributed by atoms with van der Waals surface area (Å²) in [6.45, 7) is 1.11. The molecular weight excluding hydrogens is 294 g/mol. The molecule has 0 saturated carbocycles. The van der Waals surface area contributed by atoms with Crippen LogP contribution >= 0.6 is 11.6 Å². The summed E-state index contributed by atoms with van der Waals surface area (Å²) in [4.78, 5) is 21.7. The van der Waals surface area contributed by atoms with Crippen LogP contribution in [0.25, 0.3) is 0 Å². The van der Waals surface area contributed by atoms with Crippen molar-refractivity contribution in [3.8, 4) is 0 Å². The third-order valence-corrected chi connectivity index (χ3v) is 4.20. The molecule has 1 amide bonds. The first-order chi connectivity index (χ1) is 8.72. The first-order valence-corrected chi connectivity index (χ1v) is 7.23. The molecule has 0 saturated heterocycles. The molecular formula is C11H12ClNO5S. The van der Waals surface area contributed by atoms with E-state index in [2.05, 4.69) is 5.32 Å². The lowest BCUT2D eigenvalue weighted by Crippen LogP contribution is -2.44. The minimum absolute atomic E-state index is 0.0865. The van der Waals surface area contributed by atoms with Crippen LogP contribution in [0, 0.1) is 0 Å². The third-order valence-electron chi connectivity index (χ3n) is 2.22. The molecule has 1 unspecified atom stereocenters. The fourth-order valence-corrected chi connectivity index (χ4v) is 3.10. The Balaban J connectivity index is 3.00. The Kier molecular flexibility index (Phi) is 4.90. The lowest BCUT2D eigenvalue weighted by molar-refractivity contribution is -0.140. The van der Waals surface area contributed by atoms with E-state index in [4.69, 9.17) is 16.7 Å². The van der Waals surface area contributed by atoms with Crippen molar-refractivity contribution < 1.29 is 23.1 Å². The van der Waals surface area contributed by atoms with Crippen molar-refractivity contribution in [3.05, 3.63) is 29.3 Å². The minimum atomic E-state index is -3.85. The first kappa shape index (κ1) is 15.5. The fraction of sp³-hybridized carbons (Fsp3) is 0.273. The summed E-state index contributed by atoms with van der Waals surface area (Å²) in [5.41, 5.74) is 0. The number of aliphatic carboxylic acids is 1. The lowest BCUT2D eigenvalue weighted by Gasteiger charge is -2.13. The van der Waals surface area contributed by atoms with Gasteiger partial charge < -0.3 is 10.4 Å². The summed E-state index contributed by atoms with van der Waals surface area (Å²) < 4.78 is 24.0. The van der Waals surface area contributed by atoms with Gasteiger partial charge in [0.2, 0.25) is 5.91 Å². The van der Waals surface area contributed by atoms with Gasteiger partial charge in [0, 0.05) is 11.9 Å². The molecule has 0 heterocycles. The van der Waals surface area contributed by atoms with E-state index in [0.717, 1.165) is 6.92 Å². The number of nitrogens with one attached hydrogen (secondary N) is 1. The fourth-order valence-electron chi connectivity index (χ4n) is 1.40. The molecule has 0 aliphatic carbocycles. The maximum absolute atomic E-state index is 12.0. The van der Waals surface area contributed by atoms with Crippen LogP contribution in [0.3, 0.4) is 0 Å². The number of sulfone groups is 1. The second kappa shape index (κ2) is 6.03. The average molecular weight is 306 g/mol. The van der Waals surface area contributed by atoms with E-state index < -0.39 is 33.5 Å². The molecule has 1 rings (SSSR count). The monoisotopic (exact) mass is 305 g/mol. The molecule has 0 bridgehead atoms. The Morgan fingerprint density at radius 1 is 1.42 bits per heavy atom. The van der Waals surface area contributed by atoms with E-state index in [1.807, 2.05) is 0 Å². The Bertz CT molecular complexity index is 599. The third kappa shape index (κ3) is 4.53. The van der Waals surface area contributed by atoms with Crippen LogP contribution in [0.1, 0.15) is 6.92 Å². The molecule has 0 aliphatic rings. The number of carbonyl (C=O) groups excluding carboxylic acids is 1. The Morgan fingerprint density at radius 3 is 2.53 bits per heavy atom. The molecule has 0 fully saturated rings. The molecule has 0 radical (unpaired) electrons. The standard InChI is InChI=1S/C11H12ClNO5S/c1-7(14)13-10(11(15)16)6-19(17,18)9-4-2-3-8(12)5-9/h2-5,10H,6H2,1H3,(H,13,14)(H,15,16). The molecule has 1 atom stereocenters. The van der Waals surface area contributed by atoms with Crippen LogP contribution in [0.15, 0.2) is 29.2 Å². The summed E-state index contributed by atoms with van der Waals surface area (Å²) in [5, 5.41) is 11.2. The number of hydrogen-bond donors (Lipinski definition) is 2. The average Bonchev–Trinajstić information content (AvgIpc) is 2.27. The van der Waals surface area contributed by atoms with Gasteiger partial charge in [-0.05, 0) is 18.2 Å². The number of amides is 1. The van der Waals surface area contributed by atoms with Gasteiger partial charge in [-0.15, -0.1) is 0 Å². The molecule has 0 aromatic heterocycles. The summed E-state index contributed by atoms with van der Waals surface area (Å²) in [6.07, 6.45) is 0. The van der Waals surface area contributed by atoms with E-state index in [0.29, 0.717) is 0 Å². The Morgan fingerprint density at radius 2 is 2.05 bits per heavy atom. The van der Waals surface area contributed by atoms with E-state index in [-0.39, 0.29) is 9.92 Å². The summed E-state index contributed by atoms with van der Waals surface area (Å²) in [7, 11) is -3.85. The molecule has 104 valence electrons. The zero-order valence-electron chi connectivity index (χ0n) is 9.96. The van der Waals surface area contributed by atoms with Crippen molar-refractivity contribution in [2.24, 2.45) is 0 Å².